The Bertz CT molecular complexity index is 561. The molecular weight excluding hydrogens is 310 g/mol. The van der Waals surface area contributed by atoms with Gasteiger partial charge in [0.15, 0.2) is 0 Å². The van der Waals surface area contributed by atoms with Crippen molar-refractivity contribution < 1.29 is 4.79 Å². The molecule has 1 aliphatic carbocycles. The molecule has 4 heteroatoms. The Morgan fingerprint density at radius 2 is 1.88 bits per heavy atom. The van der Waals surface area contributed by atoms with Crippen molar-refractivity contribution in [3.63, 3.8) is 0 Å². The number of nitrogens with zero attached hydrogens (tertiary/aromatic N) is 1. The van der Waals surface area contributed by atoms with Gasteiger partial charge in [0.05, 0.1) is 5.92 Å². The highest BCUT2D eigenvalue weighted by molar-refractivity contribution is 5.93. The van der Waals surface area contributed by atoms with Crippen LogP contribution in [0.4, 0.5) is 5.69 Å². The molecule has 0 spiro atoms. The van der Waals surface area contributed by atoms with Crippen LogP contribution in [0.3, 0.4) is 0 Å². The van der Waals surface area contributed by atoms with Crippen LogP contribution in [-0.2, 0) is 11.2 Å². The fourth-order valence-electron chi connectivity index (χ4n) is 4.24. The predicted molar refractivity (Wildman–Crippen MR) is 104 cm³/mol. The van der Waals surface area contributed by atoms with Crippen molar-refractivity contribution in [2.75, 3.05) is 25.0 Å². The first-order chi connectivity index (χ1) is 12.0. The molecule has 3 rings (SSSR count). The van der Waals surface area contributed by atoms with E-state index in [4.69, 9.17) is 5.73 Å². The average molecular weight is 344 g/mol. The predicted octanol–water partition coefficient (Wildman–Crippen LogP) is 3.56. The van der Waals surface area contributed by atoms with E-state index in [1.807, 2.05) is 19.1 Å². The van der Waals surface area contributed by atoms with Gasteiger partial charge in [0, 0.05) is 17.8 Å². The van der Waals surface area contributed by atoms with E-state index in [1.54, 1.807) is 0 Å². The summed E-state index contributed by atoms with van der Waals surface area (Å²) in [5, 5.41) is 3.07. The minimum Gasteiger partial charge on any atom is -0.326 e. The van der Waals surface area contributed by atoms with Crippen molar-refractivity contribution in [1.29, 1.82) is 0 Å². The number of anilines is 1. The standard InChI is InChI=1S/C21H33N3O/c1-21(22)13-4-3-7-19(21)20(25)23-18-10-8-17(9-11-18)12-16-24-14-5-2-6-15-24/h8-11,19H,2-7,12-16,22H2,1H3,(H,23,25). The third kappa shape index (κ3) is 5.05. The van der Waals surface area contributed by atoms with E-state index in [0.717, 1.165) is 44.3 Å². The molecule has 2 atom stereocenters. The first kappa shape index (κ1) is 18.4. The van der Waals surface area contributed by atoms with E-state index >= 15 is 0 Å². The number of piperidine rings is 1. The second-order valence-electron chi connectivity index (χ2n) is 8.14. The topological polar surface area (TPSA) is 58.4 Å². The lowest BCUT2D eigenvalue weighted by Gasteiger charge is -2.37. The second kappa shape index (κ2) is 8.33. The van der Waals surface area contributed by atoms with E-state index in [1.165, 1.54) is 37.9 Å². The molecule has 1 amide bonds. The Kier molecular flexibility index (Phi) is 6.13. The van der Waals surface area contributed by atoms with E-state index in [9.17, 15) is 4.79 Å². The molecule has 1 saturated carbocycles. The van der Waals surface area contributed by atoms with Gasteiger partial charge in [0.25, 0.3) is 0 Å². The number of amides is 1. The van der Waals surface area contributed by atoms with Crippen LogP contribution in [0.15, 0.2) is 24.3 Å². The number of nitrogens with one attached hydrogen (secondary N) is 1. The van der Waals surface area contributed by atoms with Crippen LogP contribution in [0, 0.1) is 5.92 Å². The zero-order valence-corrected chi connectivity index (χ0v) is 15.6. The van der Waals surface area contributed by atoms with Crippen LogP contribution < -0.4 is 11.1 Å². The number of rotatable bonds is 5. The first-order valence-electron chi connectivity index (χ1n) is 9.96. The number of benzene rings is 1. The summed E-state index contributed by atoms with van der Waals surface area (Å²) in [4.78, 5) is 15.2. The molecule has 1 aromatic rings. The van der Waals surface area contributed by atoms with Crippen molar-refractivity contribution in [2.45, 2.75) is 63.8 Å². The van der Waals surface area contributed by atoms with E-state index in [-0.39, 0.29) is 17.4 Å². The first-order valence-corrected chi connectivity index (χ1v) is 9.96. The SMILES string of the molecule is CC1(N)CCCCC1C(=O)Nc1ccc(CCN2CCCCC2)cc1. The molecule has 3 N–H and O–H groups in total. The lowest BCUT2D eigenvalue weighted by atomic mass is 9.74. The van der Waals surface area contributed by atoms with Crippen molar-refractivity contribution in [3.8, 4) is 0 Å². The van der Waals surface area contributed by atoms with Gasteiger partial charge < -0.3 is 16.0 Å². The molecule has 0 aromatic heterocycles. The molecule has 1 heterocycles. The van der Waals surface area contributed by atoms with Crippen LogP contribution >= 0.6 is 0 Å². The van der Waals surface area contributed by atoms with Crippen LogP contribution in [0.25, 0.3) is 0 Å². The average Bonchev–Trinajstić information content (AvgIpc) is 2.61. The summed E-state index contributed by atoms with van der Waals surface area (Å²) in [6.07, 6.45) is 9.19. The van der Waals surface area contributed by atoms with Crippen LogP contribution in [-0.4, -0.2) is 36.0 Å². The van der Waals surface area contributed by atoms with Gasteiger partial charge in [0.1, 0.15) is 0 Å². The largest absolute Gasteiger partial charge is 0.326 e. The van der Waals surface area contributed by atoms with Crippen LogP contribution in [0.2, 0.25) is 0 Å². The Hall–Kier alpha value is -1.39. The lowest BCUT2D eigenvalue weighted by molar-refractivity contribution is -0.122. The molecule has 2 aliphatic rings. The Labute approximate surface area is 152 Å². The molecule has 138 valence electrons. The highest BCUT2D eigenvalue weighted by Crippen LogP contribution is 2.32. The number of hydrogen-bond donors (Lipinski definition) is 2. The van der Waals surface area contributed by atoms with Gasteiger partial charge in [-0.3, -0.25) is 4.79 Å². The number of carbonyl (C=O) groups is 1. The summed E-state index contributed by atoms with van der Waals surface area (Å²) in [7, 11) is 0. The molecule has 1 aromatic carbocycles. The normalized spacial score (nSPS) is 27.8. The third-order valence-corrected chi connectivity index (χ3v) is 5.96. The second-order valence-corrected chi connectivity index (χ2v) is 8.14. The van der Waals surface area contributed by atoms with Crippen molar-refractivity contribution in [1.82, 2.24) is 4.90 Å². The summed E-state index contributed by atoms with van der Waals surface area (Å²) >= 11 is 0. The van der Waals surface area contributed by atoms with Gasteiger partial charge in [-0.2, -0.15) is 0 Å². The number of likely N-dealkylation sites (tertiary alicyclic amines) is 1. The van der Waals surface area contributed by atoms with Gasteiger partial charge in [-0.15, -0.1) is 0 Å². The quantitative estimate of drug-likeness (QED) is 0.859. The van der Waals surface area contributed by atoms with Crippen molar-refractivity contribution in [2.24, 2.45) is 11.7 Å². The zero-order valence-electron chi connectivity index (χ0n) is 15.6. The minimum atomic E-state index is -0.378. The Morgan fingerprint density at radius 1 is 1.16 bits per heavy atom. The Morgan fingerprint density at radius 3 is 2.56 bits per heavy atom. The van der Waals surface area contributed by atoms with Gasteiger partial charge in [-0.25, -0.2) is 0 Å². The molecule has 0 bridgehead atoms. The molecule has 2 fully saturated rings. The van der Waals surface area contributed by atoms with Crippen molar-refractivity contribution in [3.05, 3.63) is 29.8 Å². The summed E-state index contributed by atoms with van der Waals surface area (Å²) in [6, 6.07) is 8.34. The number of hydrogen-bond acceptors (Lipinski definition) is 3. The molecular formula is C21H33N3O. The lowest BCUT2D eigenvalue weighted by Crippen LogP contribution is -2.51. The molecule has 0 radical (unpaired) electrons. The van der Waals surface area contributed by atoms with E-state index < -0.39 is 0 Å². The van der Waals surface area contributed by atoms with Crippen molar-refractivity contribution >= 4 is 11.6 Å². The summed E-state index contributed by atoms with van der Waals surface area (Å²) in [5.74, 6) is -0.00852. The molecule has 25 heavy (non-hydrogen) atoms. The van der Waals surface area contributed by atoms with Gasteiger partial charge in [0.2, 0.25) is 5.91 Å². The fraction of sp³-hybridized carbons (Fsp3) is 0.667. The van der Waals surface area contributed by atoms with E-state index in [2.05, 4.69) is 22.3 Å². The van der Waals surface area contributed by atoms with Gasteiger partial charge >= 0.3 is 0 Å². The number of carbonyl (C=O) groups excluding carboxylic acids is 1. The number of nitrogens with two attached hydrogens (primary N) is 1. The van der Waals surface area contributed by atoms with Crippen LogP contribution in [0.5, 0.6) is 0 Å². The van der Waals surface area contributed by atoms with Crippen LogP contribution in [0.1, 0.15) is 57.4 Å². The maximum atomic E-state index is 12.6. The van der Waals surface area contributed by atoms with Gasteiger partial charge in [-0.1, -0.05) is 31.4 Å². The monoisotopic (exact) mass is 343 g/mol. The third-order valence-electron chi connectivity index (χ3n) is 5.96. The summed E-state index contributed by atoms with van der Waals surface area (Å²) < 4.78 is 0. The highest BCUT2D eigenvalue weighted by atomic mass is 16.1. The zero-order chi connectivity index (χ0) is 17.7. The Balaban J connectivity index is 1.50. The smallest absolute Gasteiger partial charge is 0.229 e. The minimum absolute atomic E-state index is 0.0748. The van der Waals surface area contributed by atoms with Gasteiger partial charge in [-0.05, 0) is 69.8 Å². The molecule has 1 aliphatic heterocycles. The van der Waals surface area contributed by atoms with E-state index in [0.29, 0.717) is 0 Å². The molecule has 2 unspecified atom stereocenters. The summed E-state index contributed by atoms with van der Waals surface area (Å²) in [5.41, 5.74) is 8.19. The maximum Gasteiger partial charge on any atom is 0.229 e. The highest BCUT2D eigenvalue weighted by Gasteiger charge is 2.37. The summed E-state index contributed by atoms with van der Waals surface area (Å²) in [6.45, 7) is 5.64. The maximum absolute atomic E-state index is 12.6. The fourth-order valence-corrected chi connectivity index (χ4v) is 4.24. The molecule has 1 saturated heterocycles. The molecule has 4 nitrogen and oxygen atoms in total.